The van der Waals surface area contributed by atoms with Gasteiger partial charge in [0, 0.05) is 24.7 Å². The third kappa shape index (κ3) is 3.87. The van der Waals surface area contributed by atoms with E-state index in [1.807, 2.05) is 6.92 Å². The number of amides is 1. The third-order valence-electron chi connectivity index (χ3n) is 3.79. The van der Waals surface area contributed by atoms with Crippen molar-refractivity contribution in [2.45, 2.75) is 31.3 Å². The molecule has 1 amide bonds. The predicted molar refractivity (Wildman–Crippen MR) is 73.2 cm³/mol. The van der Waals surface area contributed by atoms with Crippen molar-refractivity contribution in [2.24, 2.45) is 5.92 Å². The molecule has 0 bridgehead atoms. The van der Waals surface area contributed by atoms with Crippen molar-refractivity contribution in [3.8, 4) is 0 Å². The van der Waals surface area contributed by atoms with E-state index in [0.29, 0.717) is 25.2 Å². The molecule has 0 aliphatic carbocycles. The molecule has 1 aliphatic heterocycles. The quantitative estimate of drug-likeness (QED) is 0.780. The van der Waals surface area contributed by atoms with Crippen molar-refractivity contribution in [1.29, 1.82) is 0 Å². The van der Waals surface area contributed by atoms with E-state index in [2.05, 4.69) is 4.98 Å². The summed E-state index contributed by atoms with van der Waals surface area (Å²) >= 11 is 6.04. The average Bonchev–Trinajstić information content (AvgIpc) is 2.46. The minimum absolute atomic E-state index is 0.0420. The second-order valence-corrected chi connectivity index (χ2v) is 5.93. The Morgan fingerprint density at radius 3 is 2.43 bits per heavy atom. The van der Waals surface area contributed by atoms with Gasteiger partial charge in [-0.3, -0.25) is 9.78 Å². The number of hydrogen-bond acceptors (Lipinski definition) is 2. The summed E-state index contributed by atoms with van der Waals surface area (Å²) in [5, 5.41) is 0.0615. The molecule has 1 aliphatic rings. The SMILES string of the molecule is CC(Cl)C1CCN(C(=O)c2ccc(C(F)(F)F)cn2)CC1. The van der Waals surface area contributed by atoms with Crippen LogP contribution in [0.25, 0.3) is 0 Å². The maximum absolute atomic E-state index is 12.4. The number of likely N-dealkylation sites (tertiary alicyclic amines) is 1. The van der Waals surface area contributed by atoms with Gasteiger partial charge in [-0.05, 0) is 37.8 Å². The lowest BCUT2D eigenvalue weighted by molar-refractivity contribution is -0.137. The summed E-state index contributed by atoms with van der Waals surface area (Å²) in [5.41, 5.74) is -0.811. The Morgan fingerprint density at radius 2 is 2.00 bits per heavy atom. The van der Waals surface area contributed by atoms with Gasteiger partial charge in [-0.15, -0.1) is 11.6 Å². The first-order valence-electron chi connectivity index (χ1n) is 6.75. The second kappa shape index (κ2) is 6.22. The molecule has 1 aromatic rings. The minimum Gasteiger partial charge on any atom is -0.337 e. The molecule has 1 aromatic heterocycles. The van der Waals surface area contributed by atoms with Crippen molar-refractivity contribution in [2.75, 3.05) is 13.1 Å². The zero-order chi connectivity index (χ0) is 15.6. The number of hydrogen-bond donors (Lipinski definition) is 0. The molecule has 0 saturated carbocycles. The lowest BCUT2D eigenvalue weighted by Crippen LogP contribution is -2.40. The number of alkyl halides is 4. The van der Waals surface area contributed by atoms with Crippen LogP contribution in [0.1, 0.15) is 35.8 Å². The molecule has 1 unspecified atom stereocenters. The molecule has 7 heteroatoms. The van der Waals surface area contributed by atoms with Gasteiger partial charge in [0.25, 0.3) is 5.91 Å². The van der Waals surface area contributed by atoms with Crippen LogP contribution in [0.2, 0.25) is 0 Å². The second-order valence-electron chi connectivity index (χ2n) is 5.24. The van der Waals surface area contributed by atoms with E-state index in [-0.39, 0.29) is 17.0 Å². The summed E-state index contributed by atoms with van der Waals surface area (Å²) in [4.78, 5) is 17.4. The molecule has 116 valence electrons. The molecule has 21 heavy (non-hydrogen) atoms. The summed E-state index contributed by atoms with van der Waals surface area (Å²) < 4.78 is 37.3. The molecule has 1 saturated heterocycles. The zero-order valence-electron chi connectivity index (χ0n) is 11.5. The van der Waals surface area contributed by atoms with Gasteiger partial charge in [-0.25, -0.2) is 0 Å². The van der Waals surface area contributed by atoms with E-state index in [1.165, 1.54) is 0 Å². The summed E-state index contributed by atoms with van der Waals surface area (Å²) in [6.07, 6.45) is -2.14. The van der Waals surface area contributed by atoms with Crippen molar-refractivity contribution >= 4 is 17.5 Å². The first-order chi connectivity index (χ1) is 9.79. The highest BCUT2D eigenvalue weighted by molar-refractivity contribution is 6.20. The molecule has 0 spiro atoms. The zero-order valence-corrected chi connectivity index (χ0v) is 12.3. The molecular formula is C14H16ClF3N2O. The van der Waals surface area contributed by atoms with E-state index in [4.69, 9.17) is 11.6 Å². The summed E-state index contributed by atoms with van der Waals surface area (Å²) in [7, 11) is 0. The topological polar surface area (TPSA) is 33.2 Å². The number of aromatic nitrogens is 1. The summed E-state index contributed by atoms with van der Waals surface area (Å²) in [5.74, 6) is 0.0423. The molecule has 0 radical (unpaired) electrons. The maximum atomic E-state index is 12.4. The van der Waals surface area contributed by atoms with Gasteiger partial charge < -0.3 is 4.90 Å². The Kier molecular flexibility index (Phi) is 4.76. The summed E-state index contributed by atoms with van der Waals surface area (Å²) in [6, 6.07) is 2.01. The Hall–Kier alpha value is -1.30. The highest BCUT2D eigenvalue weighted by atomic mass is 35.5. The fourth-order valence-electron chi connectivity index (χ4n) is 2.41. The predicted octanol–water partition coefficient (Wildman–Crippen LogP) is 3.58. The lowest BCUT2D eigenvalue weighted by atomic mass is 9.94. The molecule has 1 fully saturated rings. The van der Waals surface area contributed by atoms with Gasteiger partial charge in [0.15, 0.2) is 0 Å². The number of carbonyl (C=O) groups excluding carboxylic acids is 1. The highest BCUT2D eigenvalue weighted by Gasteiger charge is 2.31. The third-order valence-corrected chi connectivity index (χ3v) is 4.14. The molecule has 3 nitrogen and oxygen atoms in total. The average molecular weight is 321 g/mol. The van der Waals surface area contributed by atoms with Crippen LogP contribution >= 0.6 is 11.6 Å². The lowest BCUT2D eigenvalue weighted by Gasteiger charge is -2.33. The van der Waals surface area contributed by atoms with E-state index >= 15 is 0 Å². The monoisotopic (exact) mass is 320 g/mol. The maximum Gasteiger partial charge on any atom is 0.417 e. The molecule has 2 heterocycles. The van der Waals surface area contributed by atoms with Crippen LogP contribution in [-0.4, -0.2) is 34.3 Å². The fourth-order valence-corrected chi connectivity index (χ4v) is 2.66. The Balaban J connectivity index is 2.01. The number of carbonyl (C=O) groups is 1. The van der Waals surface area contributed by atoms with Crippen molar-refractivity contribution < 1.29 is 18.0 Å². The van der Waals surface area contributed by atoms with Crippen LogP contribution in [0.3, 0.4) is 0 Å². The van der Waals surface area contributed by atoms with Crippen LogP contribution < -0.4 is 0 Å². The van der Waals surface area contributed by atoms with Gasteiger partial charge in [-0.1, -0.05) is 0 Å². The Labute approximate surface area is 126 Å². The van der Waals surface area contributed by atoms with Crippen molar-refractivity contribution in [1.82, 2.24) is 9.88 Å². The highest BCUT2D eigenvalue weighted by Crippen LogP contribution is 2.29. The summed E-state index contributed by atoms with van der Waals surface area (Å²) in [6.45, 7) is 3.05. The van der Waals surface area contributed by atoms with Gasteiger partial charge in [0.1, 0.15) is 5.69 Å². The number of rotatable bonds is 2. The molecule has 0 aromatic carbocycles. The standard InChI is InChI=1S/C14H16ClF3N2O/c1-9(15)10-4-6-20(7-5-10)13(21)12-3-2-11(8-19-12)14(16,17)18/h2-3,8-10H,4-7H2,1H3. The Morgan fingerprint density at radius 1 is 1.38 bits per heavy atom. The molecule has 2 rings (SSSR count). The number of nitrogens with zero attached hydrogens (tertiary/aromatic N) is 2. The largest absolute Gasteiger partial charge is 0.417 e. The smallest absolute Gasteiger partial charge is 0.337 e. The van der Waals surface area contributed by atoms with Gasteiger partial charge in [-0.2, -0.15) is 13.2 Å². The van der Waals surface area contributed by atoms with Crippen LogP contribution in [0.4, 0.5) is 13.2 Å². The first kappa shape index (κ1) is 16.1. The van der Waals surface area contributed by atoms with Crippen LogP contribution in [0.15, 0.2) is 18.3 Å². The number of pyridine rings is 1. The van der Waals surface area contributed by atoms with Gasteiger partial charge in [0.05, 0.1) is 5.56 Å². The van der Waals surface area contributed by atoms with Gasteiger partial charge >= 0.3 is 6.18 Å². The van der Waals surface area contributed by atoms with E-state index in [1.54, 1.807) is 4.90 Å². The van der Waals surface area contributed by atoms with E-state index < -0.39 is 11.7 Å². The van der Waals surface area contributed by atoms with Crippen molar-refractivity contribution in [3.63, 3.8) is 0 Å². The number of piperidine rings is 1. The normalized spacial score (nSPS) is 18.6. The molecular weight excluding hydrogens is 305 g/mol. The first-order valence-corrected chi connectivity index (χ1v) is 7.19. The van der Waals surface area contributed by atoms with Crippen LogP contribution in [-0.2, 0) is 6.18 Å². The fraction of sp³-hybridized carbons (Fsp3) is 0.571. The Bertz CT molecular complexity index is 494. The number of halogens is 4. The van der Waals surface area contributed by atoms with E-state index in [9.17, 15) is 18.0 Å². The molecule has 1 atom stereocenters. The van der Waals surface area contributed by atoms with Crippen LogP contribution in [0, 0.1) is 5.92 Å². The van der Waals surface area contributed by atoms with Gasteiger partial charge in [0.2, 0.25) is 0 Å². The van der Waals surface area contributed by atoms with E-state index in [0.717, 1.165) is 25.0 Å². The molecule has 0 N–H and O–H groups in total. The minimum atomic E-state index is -4.44. The van der Waals surface area contributed by atoms with Crippen molar-refractivity contribution in [3.05, 3.63) is 29.6 Å². The van der Waals surface area contributed by atoms with Crippen LogP contribution in [0.5, 0.6) is 0 Å².